The van der Waals surface area contributed by atoms with Gasteiger partial charge in [-0.2, -0.15) is 11.3 Å². The molecule has 0 bridgehead atoms. The van der Waals surface area contributed by atoms with Crippen LogP contribution in [0.25, 0.3) is 0 Å². The van der Waals surface area contributed by atoms with Gasteiger partial charge in [-0.3, -0.25) is 0 Å². The van der Waals surface area contributed by atoms with Crippen molar-refractivity contribution in [2.45, 2.75) is 25.0 Å². The van der Waals surface area contributed by atoms with Gasteiger partial charge in [0.05, 0.1) is 0 Å². The minimum absolute atomic E-state index is 0.804. The number of thiophene rings is 1. The summed E-state index contributed by atoms with van der Waals surface area (Å²) < 4.78 is 0. The third kappa shape index (κ3) is 4.11. The summed E-state index contributed by atoms with van der Waals surface area (Å²) in [5.74, 6) is 1.85. The molecular formula is C14H20N4S2. The van der Waals surface area contributed by atoms with Crippen molar-refractivity contribution in [3.05, 3.63) is 28.5 Å². The second-order valence-electron chi connectivity index (χ2n) is 4.51. The van der Waals surface area contributed by atoms with Gasteiger partial charge in [0.25, 0.3) is 0 Å². The van der Waals surface area contributed by atoms with E-state index in [1.54, 1.807) is 23.1 Å². The highest BCUT2D eigenvalue weighted by atomic mass is 32.2. The summed E-state index contributed by atoms with van der Waals surface area (Å²) >= 11 is 3.29. The SMILES string of the molecule is CCCNc1cc(N(C)Cc2ccsc2)nc(SC)n1. The molecule has 1 N–H and O–H groups in total. The molecular weight excluding hydrogens is 288 g/mol. The molecule has 0 aliphatic heterocycles. The molecule has 0 radical (unpaired) electrons. The number of nitrogens with one attached hydrogen (secondary N) is 1. The maximum Gasteiger partial charge on any atom is 0.191 e. The molecule has 2 rings (SSSR count). The van der Waals surface area contributed by atoms with Crippen LogP contribution in [0.3, 0.4) is 0 Å². The van der Waals surface area contributed by atoms with E-state index >= 15 is 0 Å². The van der Waals surface area contributed by atoms with Crippen LogP contribution in [-0.4, -0.2) is 29.8 Å². The van der Waals surface area contributed by atoms with E-state index in [0.29, 0.717) is 0 Å². The summed E-state index contributed by atoms with van der Waals surface area (Å²) in [7, 11) is 2.06. The summed E-state index contributed by atoms with van der Waals surface area (Å²) in [4.78, 5) is 11.2. The van der Waals surface area contributed by atoms with Crippen molar-refractivity contribution >= 4 is 34.7 Å². The first-order chi connectivity index (χ1) is 9.72. The van der Waals surface area contributed by atoms with Gasteiger partial charge >= 0.3 is 0 Å². The molecule has 0 aromatic carbocycles. The van der Waals surface area contributed by atoms with Gasteiger partial charge in [-0.1, -0.05) is 18.7 Å². The largest absolute Gasteiger partial charge is 0.370 e. The van der Waals surface area contributed by atoms with Crippen LogP contribution >= 0.6 is 23.1 Å². The van der Waals surface area contributed by atoms with Gasteiger partial charge in [0.2, 0.25) is 0 Å². The summed E-state index contributed by atoms with van der Waals surface area (Å²) in [5.41, 5.74) is 1.31. The van der Waals surface area contributed by atoms with Gasteiger partial charge in [-0.05, 0) is 35.1 Å². The lowest BCUT2D eigenvalue weighted by atomic mass is 10.3. The molecule has 0 aliphatic rings. The predicted octanol–water partition coefficient (Wildman–Crippen LogP) is 3.72. The van der Waals surface area contributed by atoms with E-state index in [9.17, 15) is 0 Å². The van der Waals surface area contributed by atoms with Crippen LogP contribution in [0.2, 0.25) is 0 Å². The Morgan fingerprint density at radius 2 is 2.25 bits per heavy atom. The summed E-state index contributed by atoms with van der Waals surface area (Å²) in [6.45, 7) is 3.94. The van der Waals surface area contributed by atoms with Gasteiger partial charge in [-0.25, -0.2) is 9.97 Å². The Labute approximate surface area is 128 Å². The first-order valence-corrected chi connectivity index (χ1v) is 8.79. The molecule has 108 valence electrons. The van der Waals surface area contributed by atoms with Crippen molar-refractivity contribution in [2.24, 2.45) is 0 Å². The fourth-order valence-electron chi connectivity index (χ4n) is 1.78. The molecule has 0 atom stereocenters. The Kier molecular flexibility index (Phi) is 5.67. The zero-order valence-corrected chi connectivity index (χ0v) is 13.7. The molecule has 0 fully saturated rings. The highest BCUT2D eigenvalue weighted by Crippen LogP contribution is 2.21. The van der Waals surface area contributed by atoms with Gasteiger partial charge in [-0.15, -0.1) is 0 Å². The molecule has 2 aromatic rings. The lowest BCUT2D eigenvalue weighted by Crippen LogP contribution is -2.18. The predicted molar refractivity (Wildman–Crippen MR) is 89.0 cm³/mol. The number of hydrogen-bond acceptors (Lipinski definition) is 6. The topological polar surface area (TPSA) is 41.0 Å². The highest BCUT2D eigenvalue weighted by Gasteiger charge is 2.09. The number of anilines is 2. The number of hydrogen-bond donors (Lipinski definition) is 1. The summed E-state index contributed by atoms with van der Waals surface area (Å²) in [5, 5.41) is 8.41. The zero-order chi connectivity index (χ0) is 14.4. The first kappa shape index (κ1) is 15.1. The maximum absolute atomic E-state index is 4.58. The van der Waals surface area contributed by atoms with E-state index in [2.05, 4.69) is 51.0 Å². The molecule has 0 amide bonds. The smallest absolute Gasteiger partial charge is 0.191 e. The lowest BCUT2D eigenvalue weighted by molar-refractivity contribution is 0.855. The average Bonchev–Trinajstić information content (AvgIpc) is 2.97. The number of aromatic nitrogens is 2. The zero-order valence-electron chi connectivity index (χ0n) is 12.1. The normalized spacial score (nSPS) is 10.6. The number of thioether (sulfide) groups is 1. The van der Waals surface area contributed by atoms with E-state index in [1.807, 2.05) is 12.3 Å². The second kappa shape index (κ2) is 7.50. The van der Waals surface area contributed by atoms with Crippen molar-refractivity contribution in [2.75, 3.05) is 30.1 Å². The van der Waals surface area contributed by atoms with Crippen LogP contribution in [-0.2, 0) is 6.54 Å². The van der Waals surface area contributed by atoms with Crippen LogP contribution in [0.1, 0.15) is 18.9 Å². The minimum Gasteiger partial charge on any atom is -0.370 e. The van der Waals surface area contributed by atoms with Crippen molar-refractivity contribution in [1.82, 2.24) is 9.97 Å². The summed E-state index contributed by atoms with van der Waals surface area (Å²) in [6.07, 6.45) is 3.08. The monoisotopic (exact) mass is 308 g/mol. The average molecular weight is 308 g/mol. The summed E-state index contributed by atoms with van der Waals surface area (Å²) in [6, 6.07) is 4.16. The lowest BCUT2D eigenvalue weighted by Gasteiger charge is -2.19. The number of nitrogens with zero attached hydrogens (tertiary/aromatic N) is 3. The van der Waals surface area contributed by atoms with Crippen molar-refractivity contribution in [3.63, 3.8) is 0 Å². The van der Waals surface area contributed by atoms with E-state index in [-0.39, 0.29) is 0 Å². The van der Waals surface area contributed by atoms with Crippen molar-refractivity contribution < 1.29 is 0 Å². The molecule has 0 aliphatic carbocycles. The molecule has 0 saturated heterocycles. The standard InChI is InChI=1S/C14H20N4S2/c1-4-6-15-12-8-13(17-14(16-12)19-3)18(2)9-11-5-7-20-10-11/h5,7-8,10H,4,6,9H2,1-3H3,(H,15,16,17). The molecule has 2 aromatic heterocycles. The third-order valence-electron chi connectivity index (χ3n) is 2.82. The van der Waals surface area contributed by atoms with E-state index < -0.39 is 0 Å². The molecule has 4 nitrogen and oxygen atoms in total. The molecule has 6 heteroatoms. The molecule has 2 heterocycles. The van der Waals surface area contributed by atoms with E-state index in [4.69, 9.17) is 0 Å². The molecule has 0 spiro atoms. The van der Waals surface area contributed by atoms with Crippen LogP contribution in [0, 0.1) is 0 Å². The number of rotatable bonds is 7. The van der Waals surface area contributed by atoms with Crippen LogP contribution < -0.4 is 10.2 Å². The fourth-order valence-corrected chi connectivity index (χ4v) is 2.82. The van der Waals surface area contributed by atoms with Gasteiger partial charge in [0.1, 0.15) is 11.6 Å². The van der Waals surface area contributed by atoms with Crippen molar-refractivity contribution in [1.29, 1.82) is 0 Å². The Morgan fingerprint density at radius 3 is 2.90 bits per heavy atom. The van der Waals surface area contributed by atoms with Gasteiger partial charge in [0.15, 0.2) is 5.16 Å². The van der Waals surface area contributed by atoms with Gasteiger partial charge < -0.3 is 10.2 Å². The fraction of sp³-hybridized carbons (Fsp3) is 0.429. The van der Waals surface area contributed by atoms with Crippen LogP contribution in [0.5, 0.6) is 0 Å². The van der Waals surface area contributed by atoms with E-state index in [1.165, 1.54) is 5.56 Å². The molecule has 0 saturated carbocycles. The molecule has 0 unspecified atom stereocenters. The minimum atomic E-state index is 0.804. The highest BCUT2D eigenvalue weighted by molar-refractivity contribution is 7.98. The van der Waals surface area contributed by atoms with Crippen molar-refractivity contribution in [3.8, 4) is 0 Å². The van der Waals surface area contributed by atoms with Crippen LogP contribution in [0.15, 0.2) is 28.0 Å². The van der Waals surface area contributed by atoms with Gasteiger partial charge in [0, 0.05) is 26.2 Å². The van der Waals surface area contributed by atoms with E-state index in [0.717, 1.165) is 36.3 Å². The Bertz CT molecular complexity index is 528. The Morgan fingerprint density at radius 1 is 1.40 bits per heavy atom. The Balaban J connectivity index is 2.16. The third-order valence-corrected chi connectivity index (χ3v) is 4.10. The first-order valence-electron chi connectivity index (χ1n) is 6.62. The quantitative estimate of drug-likeness (QED) is 0.623. The second-order valence-corrected chi connectivity index (χ2v) is 6.07. The maximum atomic E-state index is 4.58. The van der Waals surface area contributed by atoms with Crippen LogP contribution in [0.4, 0.5) is 11.6 Å². The Hall–Kier alpha value is -1.27. The molecule has 20 heavy (non-hydrogen) atoms.